The first-order valence-corrected chi connectivity index (χ1v) is 7.45. The smallest absolute Gasteiger partial charge is 0.123 e. The first-order chi connectivity index (χ1) is 8.70. The van der Waals surface area contributed by atoms with E-state index in [1.165, 1.54) is 22.6 Å². The Morgan fingerprint density at radius 1 is 1.33 bits per heavy atom. The van der Waals surface area contributed by atoms with E-state index in [0.29, 0.717) is 0 Å². The summed E-state index contributed by atoms with van der Waals surface area (Å²) in [5.41, 5.74) is 4.07. The fraction of sp³-hybridized carbons (Fsp3) is 0.231. The number of nitrogens with one attached hydrogen (secondary N) is 1. The average Bonchev–Trinajstić information content (AvgIpc) is 2.79. The topological polar surface area (TPSA) is 38.0 Å². The number of halogens is 1. The van der Waals surface area contributed by atoms with Crippen LogP contribution in [0.4, 0.5) is 4.39 Å². The monoisotopic (exact) mass is 282 g/mol. The van der Waals surface area contributed by atoms with E-state index in [1.807, 2.05) is 0 Å². The molecule has 2 aromatic rings. The van der Waals surface area contributed by atoms with E-state index < -0.39 is 0 Å². The van der Waals surface area contributed by atoms with Gasteiger partial charge in [0.05, 0.1) is 6.04 Å². The Balaban J connectivity index is 2.00. The molecular weight excluding hydrogens is 267 g/mol. The minimum Gasteiger partial charge on any atom is -0.271 e. The minimum absolute atomic E-state index is 0.117. The molecule has 96 valence electrons. The van der Waals surface area contributed by atoms with Crippen LogP contribution in [0.3, 0.4) is 0 Å². The van der Waals surface area contributed by atoms with Crippen LogP contribution in [0.15, 0.2) is 40.6 Å². The summed E-state index contributed by atoms with van der Waals surface area (Å²) in [6, 6.07) is 8.73. The van der Waals surface area contributed by atoms with Crippen LogP contribution in [0.25, 0.3) is 0 Å². The molecule has 0 saturated heterocycles. The molecule has 18 heavy (non-hydrogen) atoms. The van der Waals surface area contributed by atoms with E-state index in [0.717, 1.165) is 10.6 Å². The van der Waals surface area contributed by atoms with Crippen LogP contribution in [0.2, 0.25) is 0 Å². The predicted molar refractivity (Wildman–Crippen MR) is 76.2 cm³/mol. The molecular formula is C13H15FN2S2. The van der Waals surface area contributed by atoms with E-state index in [4.69, 9.17) is 5.84 Å². The van der Waals surface area contributed by atoms with Crippen LogP contribution in [0.5, 0.6) is 0 Å². The van der Waals surface area contributed by atoms with Crippen molar-refractivity contribution in [1.82, 2.24) is 5.43 Å². The van der Waals surface area contributed by atoms with Gasteiger partial charge in [-0.1, -0.05) is 0 Å². The van der Waals surface area contributed by atoms with Crippen LogP contribution in [0, 0.1) is 12.7 Å². The maximum Gasteiger partial charge on any atom is 0.123 e. The summed E-state index contributed by atoms with van der Waals surface area (Å²) < 4.78 is 12.8. The van der Waals surface area contributed by atoms with Crippen LogP contribution in [0.1, 0.15) is 16.5 Å². The van der Waals surface area contributed by atoms with Gasteiger partial charge in [-0.15, -0.1) is 23.1 Å². The number of thiophene rings is 1. The molecule has 0 bridgehead atoms. The summed E-state index contributed by atoms with van der Waals surface area (Å²) in [6.07, 6.45) is 0. The Morgan fingerprint density at radius 3 is 2.61 bits per heavy atom. The highest BCUT2D eigenvalue weighted by atomic mass is 32.2. The van der Waals surface area contributed by atoms with Crippen molar-refractivity contribution < 1.29 is 4.39 Å². The maximum absolute atomic E-state index is 12.8. The third-order valence-corrected chi connectivity index (χ3v) is 4.67. The summed E-state index contributed by atoms with van der Waals surface area (Å²) in [4.78, 5) is 2.32. The molecule has 1 atom stereocenters. The van der Waals surface area contributed by atoms with E-state index >= 15 is 0 Å². The van der Waals surface area contributed by atoms with Crippen LogP contribution in [-0.4, -0.2) is 5.75 Å². The number of nitrogens with two attached hydrogens (primary N) is 1. The van der Waals surface area contributed by atoms with E-state index in [9.17, 15) is 4.39 Å². The lowest BCUT2D eigenvalue weighted by Gasteiger charge is -2.15. The number of rotatable bonds is 5. The van der Waals surface area contributed by atoms with Gasteiger partial charge in [-0.3, -0.25) is 11.3 Å². The normalized spacial score (nSPS) is 12.6. The van der Waals surface area contributed by atoms with Gasteiger partial charge in [0.1, 0.15) is 5.82 Å². The summed E-state index contributed by atoms with van der Waals surface area (Å²) in [6.45, 7) is 2.09. The molecule has 0 aliphatic carbocycles. The molecule has 1 aromatic carbocycles. The van der Waals surface area contributed by atoms with Crippen molar-refractivity contribution in [2.24, 2.45) is 5.84 Å². The van der Waals surface area contributed by atoms with Crippen LogP contribution < -0.4 is 11.3 Å². The zero-order valence-corrected chi connectivity index (χ0v) is 11.7. The number of hydrogen-bond acceptors (Lipinski definition) is 4. The van der Waals surface area contributed by atoms with Gasteiger partial charge in [-0.25, -0.2) is 4.39 Å². The van der Waals surface area contributed by atoms with Crippen molar-refractivity contribution in [3.63, 3.8) is 0 Å². The largest absolute Gasteiger partial charge is 0.271 e. The zero-order chi connectivity index (χ0) is 13.0. The maximum atomic E-state index is 12.8. The number of benzene rings is 1. The highest BCUT2D eigenvalue weighted by molar-refractivity contribution is 7.99. The molecule has 0 spiro atoms. The van der Waals surface area contributed by atoms with E-state index in [2.05, 4.69) is 23.8 Å². The Hall–Kier alpha value is -0.880. The molecule has 0 fully saturated rings. The lowest BCUT2D eigenvalue weighted by molar-refractivity contribution is 0.610. The molecule has 0 saturated carbocycles. The predicted octanol–water partition coefficient (Wildman–Crippen LogP) is 3.49. The van der Waals surface area contributed by atoms with Gasteiger partial charge in [0.2, 0.25) is 0 Å². The molecule has 0 radical (unpaired) electrons. The molecule has 1 aromatic heterocycles. The summed E-state index contributed by atoms with van der Waals surface area (Å²) in [5, 5.41) is 2.07. The van der Waals surface area contributed by atoms with E-state index in [1.54, 1.807) is 35.2 Å². The van der Waals surface area contributed by atoms with Gasteiger partial charge in [-0.05, 0) is 48.2 Å². The van der Waals surface area contributed by atoms with Gasteiger partial charge in [-0.2, -0.15) is 0 Å². The number of aryl methyl sites for hydroxylation is 1. The summed E-state index contributed by atoms with van der Waals surface area (Å²) >= 11 is 3.38. The number of thioether (sulfide) groups is 1. The molecule has 1 heterocycles. The quantitative estimate of drug-likeness (QED) is 0.501. The Morgan fingerprint density at radius 2 is 2.06 bits per heavy atom. The van der Waals surface area contributed by atoms with E-state index in [-0.39, 0.29) is 11.9 Å². The summed E-state index contributed by atoms with van der Waals surface area (Å²) in [7, 11) is 0. The molecule has 2 rings (SSSR count). The second kappa shape index (κ2) is 6.33. The molecule has 0 aliphatic heterocycles. The van der Waals surface area contributed by atoms with Crippen LogP contribution >= 0.6 is 23.1 Å². The van der Waals surface area contributed by atoms with Crippen molar-refractivity contribution in [3.05, 3.63) is 52.0 Å². The lowest BCUT2D eigenvalue weighted by Crippen LogP contribution is -2.29. The highest BCUT2D eigenvalue weighted by Crippen LogP contribution is 2.28. The highest BCUT2D eigenvalue weighted by Gasteiger charge is 2.13. The number of hydrogen-bond donors (Lipinski definition) is 2. The molecule has 0 aliphatic rings. The van der Waals surface area contributed by atoms with Gasteiger partial charge in [0.25, 0.3) is 0 Å². The average molecular weight is 282 g/mol. The first kappa shape index (κ1) is 13.5. The minimum atomic E-state index is -0.207. The van der Waals surface area contributed by atoms with Crippen molar-refractivity contribution >= 4 is 23.1 Å². The van der Waals surface area contributed by atoms with Crippen LogP contribution in [-0.2, 0) is 0 Å². The molecule has 3 N–H and O–H groups in total. The van der Waals surface area contributed by atoms with Crippen molar-refractivity contribution in [3.8, 4) is 0 Å². The SMILES string of the molecule is Cc1sccc1C(CSc1ccc(F)cc1)NN. The fourth-order valence-electron chi connectivity index (χ4n) is 1.69. The molecule has 5 heteroatoms. The molecule has 0 amide bonds. The third-order valence-electron chi connectivity index (χ3n) is 2.71. The Labute approximate surface area is 114 Å². The first-order valence-electron chi connectivity index (χ1n) is 5.59. The van der Waals surface area contributed by atoms with Gasteiger partial charge < -0.3 is 0 Å². The van der Waals surface area contributed by atoms with Gasteiger partial charge in [0.15, 0.2) is 0 Å². The Bertz CT molecular complexity index is 496. The number of hydrazine groups is 1. The van der Waals surface area contributed by atoms with Crippen molar-refractivity contribution in [1.29, 1.82) is 0 Å². The van der Waals surface area contributed by atoms with Crippen molar-refractivity contribution in [2.45, 2.75) is 17.9 Å². The second-order valence-corrected chi connectivity index (χ2v) is 6.13. The molecule has 1 unspecified atom stereocenters. The molecule has 2 nitrogen and oxygen atoms in total. The zero-order valence-electron chi connectivity index (χ0n) is 10.0. The van der Waals surface area contributed by atoms with Gasteiger partial charge in [0, 0.05) is 15.5 Å². The lowest BCUT2D eigenvalue weighted by atomic mass is 10.1. The summed E-state index contributed by atoms with van der Waals surface area (Å²) in [5.74, 6) is 6.21. The third kappa shape index (κ3) is 3.32. The standard InChI is InChI=1S/C13H15FN2S2/c1-9-12(6-7-17-9)13(16-15)8-18-11-4-2-10(14)3-5-11/h2-7,13,16H,8,15H2,1H3. The fourth-order valence-corrected chi connectivity index (χ4v) is 3.42. The van der Waals surface area contributed by atoms with Crippen molar-refractivity contribution in [2.75, 3.05) is 5.75 Å². The second-order valence-electron chi connectivity index (χ2n) is 3.92. The van der Waals surface area contributed by atoms with Gasteiger partial charge >= 0.3 is 0 Å². The Kier molecular flexibility index (Phi) is 4.77.